The second-order valence-corrected chi connectivity index (χ2v) is 10.9. The van der Waals surface area contributed by atoms with Gasteiger partial charge in [-0.25, -0.2) is 13.1 Å². The van der Waals surface area contributed by atoms with Crippen LogP contribution in [0.15, 0.2) is 66.7 Å². The van der Waals surface area contributed by atoms with E-state index in [1.54, 1.807) is 15.6 Å². The minimum absolute atomic E-state index is 0.00350. The summed E-state index contributed by atoms with van der Waals surface area (Å²) in [6, 6.07) is 20.7. The van der Waals surface area contributed by atoms with E-state index in [4.69, 9.17) is 9.84 Å². The van der Waals surface area contributed by atoms with Gasteiger partial charge in [0.2, 0.25) is 0 Å². The van der Waals surface area contributed by atoms with Crippen molar-refractivity contribution in [3.8, 4) is 16.9 Å². The maximum atomic E-state index is 14.0. The van der Waals surface area contributed by atoms with E-state index in [9.17, 15) is 13.2 Å². The number of carbonyl (C=O) groups is 1. The van der Waals surface area contributed by atoms with Crippen molar-refractivity contribution in [2.75, 3.05) is 24.7 Å². The second kappa shape index (κ2) is 9.11. The molecule has 3 heterocycles. The average Bonchev–Trinajstić information content (AvgIpc) is 3.58. The number of aromatic nitrogens is 2. The van der Waals surface area contributed by atoms with E-state index in [1.807, 2.05) is 60.7 Å². The molecule has 0 aliphatic carbocycles. The van der Waals surface area contributed by atoms with E-state index in [0.29, 0.717) is 31.0 Å². The second-order valence-electron chi connectivity index (χ2n) is 8.68. The van der Waals surface area contributed by atoms with Gasteiger partial charge in [0.25, 0.3) is 5.91 Å². The van der Waals surface area contributed by atoms with Crippen LogP contribution in [0.25, 0.3) is 16.9 Å². The minimum Gasteiger partial charge on any atom is -0.376 e. The Hall–Kier alpha value is -2.97. The molecule has 3 aromatic rings. The number of nitrogens with zero attached hydrogens (tertiary/aromatic N) is 3. The Bertz CT molecular complexity index is 1220. The van der Waals surface area contributed by atoms with Gasteiger partial charge < -0.3 is 9.64 Å². The molecule has 0 saturated carbocycles. The van der Waals surface area contributed by atoms with E-state index in [0.717, 1.165) is 24.1 Å². The van der Waals surface area contributed by atoms with E-state index >= 15 is 0 Å². The first-order chi connectivity index (χ1) is 16.0. The van der Waals surface area contributed by atoms with Crippen LogP contribution in [-0.4, -0.2) is 65.8 Å². The molecular formula is C25H27N3O4S. The van der Waals surface area contributed by atoms with Crippen molar-refractivity contribution in [1.82, 2.24) is 14.7 Å². The normalized spacial score (nSPS) is 21.8. The molecule has 0 N–H and O–H groups in total. The fourth-order valence-electron chi connectivity index (χ4n) is 4.62. The molecule has 2 aliphatic heterocycles. The van der Waals surface area contributed by atoms with E-state index in [-0.39, 0.29) is 29.6 Å². The molecule has 0 spiro atoms. The molecule has 0 unspecified atom stereocenters. The summed E-state index contributed by atoms with van der Waals surface area (Å²) < 4.78 is 31.9. The Balaban J connectivity index is 1.55. The molecule has 2 saturated heterocycles. The molecule has 1 aromatic heterocycles. The Morgan fingerprint density at radius 1 is 1.06 bits per heavy atom. The summed E-state index contributed by atoms with van der Waals surface area (Å²) in [6.07, 6.45) is 2.21. The van der Waals surface area contributed by atoms with E-state index < -0.39 is 9.84 Å². The molecule has 2 fully saturated rings. The Morgan fingerprint density at radius 2 is 1.79 bits per heavy atom. The number of para-hydroxylation sites is 1. The molecular weight excluding hydrogens is 438 g/mol. The number of hydrogen-bond donors (Lipinski definition) is 0. The Kier molecular flexibility index (Phi) is 6.03. The van der Waals surface area contributed by atoms with Crippen molar-refractivity contribution in [3.63, 3.8) is 0 Å². The lowest BCUT2D eigenvalue weighted by molar-refractivity contribution is 0.0434. The average molecular weight is 466 g/mol. The SMILES string of the molecule is O=C(c1cc(-c2ccccc2)nn1-c1ccccc1)N(C[C@@H]1CCCO1)[C@H]1CCS(=O)(=O)C1. The standard InChI is InChI=1S/C25H27N3O4S/c29-25(27(17-22-12-7-14-32-22)21-13-15-33(30,31)18-21)24-16-23(19-8-3-1-4-9-19)26-28(24)20-10-5-2-6-11-20/h1-6,8-11,16,21-22H,7,12-15,17-18H2/t21-,22-/m0/s1. The summed E-state index contributed by atoms with van der Waals surface area (Å²) in [6.45, 7) is 1.06. The van der Waals surface area contributed by atoms with Gasteiger partial charge in [-0.2, -0.15) is 5.10 Å². The Morgan fingerprint density at radius 3 is 2.42 bits per heavy atom. The van der Waals surface area contributed by atoms with Gasteiger partial charge in [0, 0.05) is 24.8 Å². The maximum absolute atomic E-state index is 14.0. The highest BCUT2D eigenvalue weighted by Crippen LogP contribution is 2.27. The van der Waals surface area contributed by atoms with Crippen molar-refractivity contribution in [1.29, 1.82) is 0 Å². The van der Waals surface area contributed by atoms with Crippen LogP contribution in [0.1, 0.15) is 29.8 Å². The van der Waals surface area contributed by atoms with E-state index in [1.165, 1.54) is 0 Å². The number of ether oxygens (including phenoxy) is 1. The topological polar surface area (TPSA) is 81.5 Å². The number of amides is 1. The van der Waals surface area contributed by atoms with Gasteiger partial charge >= 0.3 is 0 Å². The van der Waals surface area contributed by atoms with Crippen LogP contribution in [0.4, 0.5) is 0 Å². The number of sulfone groups is 1. The predicted octanol–water partition coefficient (Wildman–Crippen LogP) is 3.35. The van der Waals surface area contributed by atoms with Crippen molar-refractivity contribution < 1.29 is 17.9 Å². The molecule has 2 aliphatic rings. The number of hydrogen-bond acceptors (Lipinski definition) is 5. The summed E-state index contributed by atoms with van der Waals surface area (Å²) in [5.74, 6) is -0.109. The number of carbonyl (C=O) groups excluding carboxylic acids is 1. The summed E-state index contributed by atoms with van der Waals surface area (Å²) in [5.41, 5.74) is 2.80. The zero-order valence-corrected chi connectivity index (χ0v) is 19.2. The van der Waals surface area contributed by atoms with Gasteiger partial charge in [0.05, 0.1) is 29.0 Å². The van der Waals surface area contributed by atoms with Crippen LogP contribution < -0.4 is 0 Å². The zero-order valence-electron chi connectivity index (χ0n) is 18.3. The van der Waals surface area contributed by atoms with Crippen molar-refractivity contribution in [3.05, 3.63) is 72.4 Å². The molecule has 33 heavy (non-hydrogen) atoms. The van der Waals surface area contributed by atoms with E-state index in [2.05, 4.69) is 0 Å². The van der Waals surface area contributed by atoms with Crippen LogP contribution in [0.2, 0.25) is 0 Å². The monoisotopic (exact) mass is 465 g/mol. The fourth-order valence-corrected chi connectivity index (χ4v) is 6.35. The van der Waals surface area contributed by atoms with Gasteiger partial charge in [-0.1, -0.05) is 48.5 Å². The zero-order chi connectivity index (χ0) is 22.8. The Labute approximate surface area is 193 Å². The van der Waals surface area contributed by atoms with Crippen LogP contribution in [0.3, 0.4) is 0 Å². The number of rotatable bonds is 6. The molecule has 8 heteroatoms. The van der Waals surface area contributed by atoms with Crippen molar-refractivity contribution >= 4 is 15.7 Å². The molecule has 0 radical (unpaired) electrons. The highest BCUT2D eigenvalue weighted by Gasteiger charge is 2.38. The number of benzene rings is 2. The van der Waals surface area contributed by atoms with Crippen LogP contribution >= 0.6 is 0 Å². The summed E-state index contributed by atoms with van der Waals surface area (Å²) in [4.78, 5) is 15.7. The van der Waals surface area contributed by atoms with Crippen molar-refractivity contribution in [2.45, 2.75) is 31.4 Å². The van der Waals surface area contributed by atoms with Gasteiger partial charge in [-0.15, -0.1) is 0 Å². The molecule has 0 bridgehead atoms. The molecule has 7 nitrogen and oxygen atoms in total. The smallest absolute Gasteiger partial charge is 0.272 e. The van der Waals surface area contributed by atoms with Crippen LogP contribution in [0.5, 0.6) is 0 Å². The van der Waals surface area contributed by atoms with Crippen LogP contribution in [0, 0.1) is 0 Å². The first kappa shape index (κ1) is 21.9. The summed E-state index contributed by atoms with van der Waals surface area (Å²) in [7, 11) is -3.15. The third-order valence-corrected chi connectivity index (χ3v) is 8.08. The third kappa shape index (κ3) is 4.72. The molecule has 2 atom stereocenters. The molecule has 1 amide bonds. The van der Waals surface area contributed by atoms with Gasteiger partial charge in [0.1, 0.15) is 5.69 Å². The van der Waals surface area contributed by atoms with Crippen LogP contribution in [-0.2, 0) is 14.6 Å². The highest BCUT2D eigenvalue weighted by molar-refractivity contribution is 7.91. The van der Waals surface area contributed by atoms with Gasteiger partial charge in [-0.3, -0.25) is 4.79 Å². The summed E-state index contributed by atoms with van der Waals surface area (Å²) in [5, 5.41) is 4.76. The largest absolute Gasteiger partial charge is 0.376 e. The molecule has 2 aromatic carbocycles. The summed E-state index contributed by atoms with van der Waals surface area (Å²) >= 11 is 0. The lowest BCUT2D eigenvalue weighted by Crippen LogP contribution is -2.45. The van der Waals surface area contributed by atoms with Gasteiger partial charge in [0.15, 0.2) is 9.84 Å². The minimum atomic E-state index is -3.15. The quantitative estimate of drug-likeness (QED) is 0.558. The van der Waals surface area contributed by atoms with Crippen molar-refractivity contribution in [2.24, 2.45) is 0 Å². The third-order valence-electron chi connectivity index (χ3n) is 6.33. The van der Waals surface area contributed by atoms with Gasteiger partial charge in [-0.05, 0) is 37.5 Å². The maximum Gasteiger partial charge on any atom is 0.272 e. The first-order valence-electron chi connectivity index (χ1n) is 11.3. The lowest BCUT2D eigenvalue weighted by atomic mass is 10.1. The first-order valence-corrected chi connectivity index (χ1v) is 13.2. The fraction of sp³-hybridized carbons (Fsp3) is 0.360. The molecule has 172 valence electrons. The lowest BCUT2D eigenvalue weighted by Gasteiger charge is -2.30. The molecule has 5 rings (SSSR count). The highest BCUT2D eigenvalue weighted by atomic mass is 32.2. The predicted molar refractivity (Wildman–Crippen MR) is 126 cm³/mol.